The Morgan fingerprint density at radius 2 is 2.07 bits per heavy atom. The summed E-state index contributed by atoms with van der Waals surface area (Å²) < 4.78 is 6.98. The highest BCUT2D eigenvalue weighted by Crippen LogP contribution is 2.34. The Labute approximate surface area is 156 Å². The summed E-state index contributed by atoms with van der Waals surface area (Å²) in [4.78, 5) is 31.2. The minimum atomic E-state index is -0.441. The number of methoxy groups -OCH3 is 1. The maximum atomic E-state index is 12.7. The Hall–Kier alpha value is -3.35. The van der Waals surface area contributed by atoms with Crippen LogP contribution >= 0.6 is 0 Å². The van der Waals surface area contributed by atoms with Gasteiger partial charge in [0, 0.05) is 13.0 Å². The fourth-order valence-electron chi connectivity index (χ4n) is 3.39. The molecule has 1 unspecified atom stereocenters. The third-order valence-corrected chi connectivity index (χ3v) is 4.81. The van der Waals surface area contributed by atoms with Gasteiger partial charge in [-0.15, -0.1) is 0 Å². The number of hydrogen-bond acceptors (Lipinski definition) is 4. The average Bonchev–Trinajstić information content (AvgIpc) is 3.25. The van der Waals surface area contributed by atoms with E-state index in [0.717, 1.165) is 16.6 Å². The molecule has 0 aliphatic carbocycles. The normalized spacial score (nSPS) is 16.7. The molecular formula is C20H20N4O3. The van der Waals surface area contributed by atoms with Gasteiger partial charge in [-0.05, 0) is 36.8 Å². The van der Waals surface area contributed by atoms with Gasteiger partial charge in [-0.1, -0.05) is 18.2 Å². The van der Waals surface area contributed by atoms with Crippen LogP contribution in [0.1, 0.15) is 12.0 Å². The largest absolute Gasteiger partial charge is 0.495 e. The highest BCUT2D eigenvalue weighted by atomic mass is 16.5. The molecule has 1 aromatic heterocycles. The zero-order valence-electron chi connectivity index (χ0n) is 15.2. The molecule has 2 aromatic carbocycles. The number of rotatable bonds is 4. The smallest absolute Gasteiger partial charge is 0.244 e. The number of fused-ring (bicyclic) bond motifs is 1. The molecule has 1 fully saturated rings. The molecule has 0 bridgehead atoms. The minimum Gasteiger partial charge on any atom is -0.495 e. The van der Waals surface area contributed by atoms with Gasteiger partial charge in [-0.3, -0.25) is 15.0 Å². The van der Waals surface area contributed by atoms with Crippen LogP contribution in [0.3, 0.4) is 0 Å². The number of nitrogens with one attached hydrogen (secondary N) is 1. The molecule has 0 saturated carbocycles. The molecule has 1 aliphatic heterocycles. The summed E-state index contributed by atoms with van der Waals surface area (Å²) >= 11 is 0. The van der Waals surface area contributed by atoms with Gasteiger partial charge < -0.3 is 9.64 Å². The van der Waals surface area contributed by atoms with Crippen molar-refractivity contribution in [2.75, 3.05) is 24.0 Å². The van der Waals surface area contributed by atoms with Crippen LogP contribution in [0.4, 0.5) is 5.69 Å². The second-order valence-electron chi connectivity index (χ2n) is 6.66. The highest BCUT2D eigenvalue weighted by molar-refractivity contribution is 6.03. The molecule has 1 saturated heterocycles. The van der Waals surface area contributed by atoms with E-state index in [1.807, 2.05) is 49.4 Å². The van der Waals surface area contributed by atoms with Crippen LogP contribution < -0.4 is 15.1 Å². The van der Waals surface area contributed by atoms with Gasteiger partial charge in [0.25, 0.3) is 0 Å². The number of imidazole rings is 1. The van der Waals surface area contributed by atoms with Crippen LogP contribution in [0.25, 0.3) is 11.0 Å². The molecular weight excluding hydrogens is 344 g/mol. The lowest BCUT2D eigenvalue weighted by Crippen LogP contribution is -2.31. The van der Waals surface area contributed by atoms with Gasteiger partial charge in [0.2, 0.25) is 11.8 Å². The van der Waals surface area contributed by atoms with E-state index in [1.165, 1.54) is 0 Å². The maximum Gasteiger partial charge on any atom is 0.244 e. The van der Waals surface area contributed by atoms with Gasteiger partial charge in [0.15, 0.2) is 0 Å². The number of carbonyl (C=O) groups is 2. The van der Waals surface area contributed by atoms with Crippen molar-refractivity contribution in [2.24, 2.45) is 5.92 Å². The average molecular weight is 364 g/mol. The Kier molecular flexibility index (Phi) is 4.27. The number of para-hydroxylation sites is 2. The Morgan fingerprint density at radius 3 is 2.89 bits per heavy atom. The van der Waals surface area contributed by atoms with Crippen molar-refractivity contribution < 1.29 is 14.3 Å². The molecule has 138 valence electrons. The van der Waals surface area contributed by atoms with Crippen LogP contribution in [0.5, 0.6) is 5.75 Å². The standard InChI is InChI=1S/C20H20N4O3/c1-13-7-8-18(27-2)17(9-13)23-11-14(10-19(23)25)20(26)22-24-12-21-15-5-3-4-6-16(15)24/h3-9,12,14H,10-11H2,1-2H3,(H,22,26). The number of benzene rings is 2. The minimum absolute atomic E-state index is 0.0884. The lowest BCUT2D eigenvalue weighted by atomic mass is 10.1. The predicted octanol–water partition coefficient (Wildman–Crippen LogP) is 2.48. The number of nitrogens with zero attached hydrogens (tertiary/aromatic N) is 3. The zero-order chi connectivity index (χ0) is 19.0. The maximum absolute atomic E-state index is 12.7. The molecule has 1 aliphatic rings. The molecule has 4 rings (SSSR count). The number of aryl methyl sites for hydroxylation is 1. The summed E-state index contributed by atoms with van der Waals surface area (Å²) in [6.07, 6.45) is 1.73. The van der Waals surface area contributed by atoms with Crippen molar-refractivity contribution in [3.05, 3.63) is 54.4 Å². The van der Waals surface area contributed by atoms with Crippen LogP contribution in [0.2, 0.25) is 0 Å². The zero-order valence-corrected chi connectivity index (χ0v) is 15.2. The molecule has 7 heteroatoms. The quantitative estimate of drug-likeness (QED) is 0.772. The van der Waals surface area contributed by atoms with E-state index >= 15 is 0 Å². The van der Waals surface area contributed by atoms with E-state index in [-0.39, 0.29) is 18.2 Å². The van der Waals surface area contributed by atoms with Crippen molar-refractivity contribution in [3.8, 4) is 5.75 Å². The van der Waals surface area contributed by atoms with Crippen molar-refractivity contribution in [2.45, 2.75) is 13.3 Å². The molecule has 2 amide bonds. The first-order valence-electron chi connectivity index (χ1n) is 8.75. The summed E-state index contributed by atoms with van der Waals surface area (Å²) in [5, 5.41) is 0. The van der Waals surface area contributed by atoms with E-state index in [2.05, 4.69) is 10.4 Å². The third kappa shape index (κ3) is 3.12. The van der Waals surface area contributed by atoms with E-state index < -0.39 is 5.92 Å². The number of ether oxygens (including phenoxy) is 1. The summed E-state index contributed by atoms with van der Waals surface area (Å²) in [7, 11) is 1.57. The highest BCUT2D eigenvalue weighted by Gasteiger charge is 2.36. The fourth-order valence-corrected chi connectivity index (χ4v) is 3.39. The first-order chi connectivity index (χ1) is 13.1. The van der Waals surface area contributed by atoms with Crippen molar-refractivity contribution in [1.82, 2.24) is 9.66 Å². The topological polar surface area (TPSA) is 76.5 Å². The first kappa shape index (κ1) is 17.1. The summed E-state index contributed by atoms with van der Waals surface area (Å²) in [6, 6.07) is 13.2. The molecule has 1 atom stereocenters. The molecule has 1 N–H and O–H groups in total. The lowest BCUT2D eigenvalue weighted by molar-refractivity contribution is -0.123. The lowest BCUT2D eigenvalue weighted by Gasteiger charge is -2.20. The second kappa shape index (κ2) is 6.75. The third-order valence-electron chi connectivity index (χ3n) is 4.81. The molecule has 3 aromatic rings. The summed E-state index contributed by atoms with van der Waals surface area (Å²) in [6.45, 7) is 2.27. The Balaban J connectivity index is 1.54. The molecule has 27 heavy (non-hydrogen) atoms. The van der Waals surface area contributed by atoms with E-state index in [4.69, 9.17) is 4.74 Å². The Morgan fingerprint density at radius 1 is 1.26 bits per heavy atom. The van der Waals surface area contributed by atoms with Crippen molar-refractivity contribution in [1.29, 1.82) is 0 Å². The predicted molar refractivity (Wildman–Crippen MR) is 102 cm³/mol. The molecule has 7 nitrogen and oxygen atoms in total. The SMILES string of the molecule is COc1ccc(C)cc1N1CC(C(=O)Nn2cnc3ccccc32)CC1=O. The summed E-state index contributed by atoms with van der Waals surface area (Å²) in [5.74, 6) is -0.116. The van der Waals surface area contributed by atoms with E-state index in [0.29, 0.717) is 18.0 Å². The number of anilines is 1. The monoisotopic (exact) mass is 364 g/mol. The number of carbonyl (C=O) groups excluding carboxylic acids is 2. The van der Waals surface area contributed by atoms with Gasteiger partial charge in [-0.2, -0.15) is 0 Å². The van der Waals surface area contributed by atoms with Crippen LogP contribution in [-0.4, -0.2) is 35.1 Å². The first-order valence-corrected chi connectivity index (χ1v) is 8.75. The Bertz CT molecular complexity index is 1030. The number of hydrogen-bond donors (Lipinski definition) is 1. The van der Waals surface area contributed by atoms with Crippen molar-refractivity contribution in [3.63, 3.8) is 0 Å². The van der Waals surface area contributed by atoms with Crippen molar-refractivity contribution >= 4 is 28.5 Å². The molecule has 2 heterocycles. The van der Waals surface area contributed by atoms with Crippen LogP contribution in [0.15, 0.2) is 48.8 Å². The second-order valence-corrected chi connectivity index (χ2v) is 6.66. The fraction of sp³-hybridized carbons (Fsp3) is 0.250. The molecule has 0 radical (unpaired) electrons. The van der Waals surface area contributed by atoms with Gasteiger partial charge in [0.05, 0.1) is 29.7 Å². The van der Waals surface area contributed by atoms with E-state index in [1.54, 1.807) is 23.0 Å². The number of amides is 2. The van der Waals surface area contributed by atoms with E-state index in [9.17, 15) is 9.59 Å². The molecule has 0 spiro atoms. The van der Waals surface area contributed by atoms with Gasteiger partial charge >= 0.3 is 0 Å². The van der Waals surface area contributed by atoms with Crippen LogP contribution in [0, 0.1) is 12.8 Å². The summed E-state index contributed by atoms with van der Waals surface area (Å²) in [5.41, 5.74) is 6.18. The van der Waals surface area contributed by atoms with Gasteiger partial charge in [0.1, 0.15) is 12.1 Å². The number of aromatic nitrogens is 2. The van der Waals surface area contributed by atoms with Gasteiger partial charge in [-0.25, -0.2) is 9.66 Å². The van der Waals surface area contributed by atoms with Crippen LogP contribution in [-0.2, 0) is 9.59 Å².